The Labute approximate surface area is 185 Å². The van der Waals surface area contributed by atoms with E-state index in [9.17, 15) is 9.59 Å². The zero-order valence-electron chi connectivity index (χ0n) is 17.2. The lowest BCUT2D eigenvalue weighted by molar-refractivity contribution is -0.132. The summed E-state index contributed by atoms with van der Waals surface area (Å²) in [4.78, 5) is 28.8. The van der Waals surface area contributed by atoms with Crippen molar-refractivity contribution in [2.24, 2.45) is 0 Å². The van der Waals surface area contributed by atoms with Crippen molar-refractivity contribution in [3.05, 3.63) is 39.6 Å². The molecular weight excluding hydrogens is 429 g/mol. The first kappa shape index (κ1) is 22.2. The Morgan fingerprint density at radius 1 is 1.20 bits per heavy atom. The number of nitrogens with one attached hydrogen (secondary N) is 1. The van der Waals surface area contributed by atoms with Crippen LogP contribution in [0.2, 0.25) is 10.0 Å². The molecule has 0 atom stereocenters. The van der Waals surface area contributed by atoms with E-state index in [1.165, 1.54) is 4.68 Å². The monoisotopic (exact) mass is 453 g/mol. The topological polar surface area (TPSA) is 79.7 Å². The standard InChI is InChI=1S/C20H25Cl2N5O3/c1-4-23-20(29)19-18(22)13(2)27(24-19)12-17(28)26-9-7-25(8-10-26)14-5-6-15(21)16(11-14)30-3/h5-6,11H,4,7-10,12H2,1-3H3,(H,23,29). The van der Waals surface area contributed by atoms with Crippen molar-refractivity contribution < 1.29 is 14.3 Å². The van der Waals surface area contributed by atoms with Crippen molar-refractivity contribution in [3.8, 4) is 5.75 Å². The number of benzene rings is 1. The van der Waals surface area contributed by atoms with E-state index < -0.39 is 0 Å². The maximum Gasteiger partial charge on any atom is 0.273 e. The highest BCUT2D eigenvalue weighted by molar-refractivity contribution is 6.34. The summed E-state index contributed by atoms with van der Waals surface area (Å²) >= 11 is 12.3. The summed E-state index contributed by atoms with van der Waals surface area (Å²) in [6.45, 7) is 6.64. The number of piperazine rings is 1. The fourth-order valence-electron chi connectivity index (χ4n) is 3.35. The predicted octanol–water partition coefficient (Wildman–Crippen LogP) is 2.61. The Kier molecular flexibility index (Phi) is 7.10. The number of methoxy groups -OCH3 is 1. The number of carbonyl (C=O) groups excluding carboxylic acids is 2. The van der Waals surface area contributed by atoms with Crippen molar-refractivity contribution in [2.45, 2.75) is 20.4 Å². The molecule has 1 aromatic carbocycles. The van der Waals surface area contributed by atoms with Crippen LogP contribution in [0.4, 0.5) is 5.69 Å². The Bertz CT molecular complexity index is 939. The number of carbonyl (C=O) groups is 2. The van der Waals surface area contributed by atoms with Crippen molar-refractivity contribution >= 4 is 40.7 Å². The van der Waals surface area contributed by atoms with Gasteiger partial charge in [-0.25, -0.2) is 0 Å². The minimum Gasteiger partial charge on any atom is -0.495 e. The van der Waals surface area contributed by atoms with Gasteiger partial charge in [0.05, 0.1) is 22.8 Å². The first-order valence-electron chi connectivity index (χ1n) is 9.73. The lowest BCUT2D eigenvalue weighted by Crippen LogP contribution is -2.49. The average Bonchev–Trinajstić information content (AvgIpc) is 3.03. The lowest BCUT2D eigenvalue weighted by atomic mass is 10.2. The Morgan fingerprint density at radius 3 is 2.53 bits per heavy atom. The summed E-state index contributed by atoms with van der Waals surface area (Å²) in [6, 6.07) is 5.65. The second-order valence-corrected chi connectivity index (χ2v) is 7.74. The third-order valence-corrected chi connectivity index (χ3v) is 5.87. The van der Waals surface area contributed by atoms with Gasteiger partial charge in [-0.15, -0.1) is 0 Å². The summed E-state index contributed by atoms with van der Waals surface area (Å²) in [5.74, 6) is 0.221. The molecule has 1 aliphatic rings. The van der Waals surface area contributed by atoms with Crippen molar-refractivity contribution in [1.82, 2.24) is 20.0 Å². The van der Waals surface area contributed by atoms with Gasteiger partial charge in [0.1, 0.15) is 12.3 Å². The molecule has 0 spiro atoms. The van der Waals surface area contributed by atoms with Crippen LogP contribution in [0, 0.1) is 6.92 Å². The summed E-state index contributed by atoms with van der Waals surface area (Å²) in [5.41, 5.74) is 1.74. The number of hydrogen-bond donors (Lipinski definition) is 1. The minimum atomic E-state index is -0.344. The normalized spacial score (nSPS) is 14.0. The molecule has 0 unspecified atom stereocenters. The van der Waals surface area contributed by atoms with Crippen LogP contribution < -0.4 is 15.0 Å². The fraction of sp³-hybridized carbons (Fsp3) is 0.450. The van der Waals surface area contributed by atoms with Gasteiger partial charge in [-0.2, -0.15) is 5.10 Å². The molecule has 1 N–H and O–H groups in total. The molecule has 8 nitrogen and oxygen atoms in total. The molecule has 30 heavy (non-hydrogen) atoms. The molecule has 0 aliphatic carbocycles. The molecule has 2 heterocycles. The number of aromatic nitrogens is 2. The van der Waals surface area contributed by atoms with Crippen LogP contribution in [-0.4, -0.2) is 66.3 Å². The predicted molar refractivity (Wildman–Crippen MR) is 117 cm³/mol. The van der Waals surface area contributed by atoms with Gasteiger partial charge < -0.3 is 19.9 Å². The smallest absolute Gasteiger partial charge is 0.273 e. The highest BCUT2D eigenvalue weighted by Gasteiger charge is 2.25. The molecule has 0 radical (unpaired) electrons. The number of ether oxygens (including phenoxy) is 1. The third kappa shape index (κ3) is 4.65. The van der Waals surface area contributed by atoms with Gasteiger partial charge in [0, 0.05) is 44.5 Å². The van der Waals surface area contributed by atoms with E-state index in [0.717, 1.165) is 5.69 Å². The largest absolute Gasteiger partial charge is 0.495 e. The Hall–Kier alpha value is -2.45. The molecule has 0 saturated carbocycles. The number of halogens is 2. The zero-order chi connectivity index (χ0) is 21.8. The summed E-state index contributed by atoms with van der Waals surface area (Å²) in [6.07, 6.45) is 0. The number of nitrogens with zero attached hydrogens (tertiary/aromatic N) is 4. The van der Waals surface area contributed by atoms with Crippen molar-refractivity contribution in [1.29, 1.82) is 0 Å². The summed E-state index contributed by atoms with van der Waals surface area (Å²) in [7, 11) is 1.59. The summed E-state index contributed by atoms with van der Waals surface area (Å²) < 4.78 is 6.78. The molecular formula is C20H25Cl2N5O3. The first-order valence-corrected chi connectivity index (χ1v) is 10.5. The molecule has 3 rings (SSSR count). The molecule has 1 aromatic heterocycles. The van der Waals surface area contributed by atoms with Gasteiger partial charge in [0.2, 0.25) is 5.91 Å². The van der Waals surface area contributed by atoms with Crippen LogP contribution in [0.1, 0.15) is 23.1 Å². The van der Waals surface area contributed by atoms with E-state index in [1.807, 2.05) is 25.1 Å². The molecule has 1 fully saturated rings. The van der Waals surface area contributed by atoms with Gasteiger partial charge in [0.15, 0.2) is 5.69 Å². The van der Waals surface area contributed by atoms with Crippen LogP contribution in [0.15, 0.2) is 18.2 Å². The van der Waals surface area contributed by atoms with Gasteiger partial charge in [-0.05, 0) is 26.0 Å². The van der Waals surface area contributed by atoms with E-state index in [2.05, 4.69) is 15.3 Å². The second kappa shape index (κ2) is 9.57. The second-order valence-electron chi connectivity index (χ2n) is 6.95. The van der Waals surface area contributed by atoms with Crippen LogP contribution in [0.3, 0.4) is 0 Å². The maximum absolute atomic E-state index is 12.8. The number of anilines is 1. The third-order valence-electron chi connectivity index (χ3n) is 5.10. The van der Waals surface area contributed by atoms with Gasteiger partial charge in [0.25, 0.3) is 5.91 Å². The molecule has 1 aliphatic heterocycles. The van der Waals surface area contributed by atoms with Gasteiger partial charge in [-0.1, -0.05) is 23.2 Å². The van der Waals surface area contributed by atoms with Crippen LogP contribution in [0.5, 0.6) is 5.75 Å². The molecule has 1 saturated heterocycles. The molecule has 162 valence electrons. The number of hydrogen-bond acceptors (Lipinski definition) is 5. The minimum absolute atomic E-state index is 0.0414. The first-order chi connectivity index (χ1) is 14.3. The van der Waals surface area contributed by atoms with E-state index >= 15 is 0 Å². The van der Waals surface area contributed by atoms with Crippen molar-refractivity contribution in [3.63, 3.8) is 0 Å². The van der Waals surface area contributed by atoms with Crippen LogP contribution >= 0.6 is 23.2 Å². The van der Waals surface area contributed by atoms with Gasteiger partial charge >= 0.3 is 0 Å². The Morgan fingerprint density at radius 2 is 1.90 bits per heavy atom. The van der Waals surface area contributed by atoms with Gasteiger partial charge in [-0.3, -0.25) is 14.3 Å². The van der Waals surface area contributed by atoms with E-state index in [0.29, 0.717) is 49.2 Å². The highest BCUT2D eigenvalue weighted by atomic mass is 35.5. The number of rotatable bonds is 6. The van der Waals surface area contributed by atoms with Crippen LogP contribution in [-0.2, 0) is 11.3 Å². The molecule has 2 amide bonds. The maximum atomic E-state index is 12.8. The fourth-order valence-corrected chi connectivity index (χ4v) is 3.77. The lowest BCUT2D eigenvalue weighted by Gasteiger charge is -2.36. The Balaban J connectivity index is 1.62. The molecule has 0 bridgehead atoms. The van der Waals surface area contributed by atoms with E-state index in [1.54, 1.807) is 18.9 Å². The SMILES string of the molecule is CCNC(=O)c1nn(CC(=O)N2CCN(c3ccc(Cl)c(OC)c3)CC2)c(C)c1Cl. The highest BCUT2D eigenvalue weighted by Crippen LogP contribution is 2.30. The van der Waals surface area contributed by atoms with Crippen LogP contribution in [0.25, 0.3) is 0 Å². The van der Waals surface area contributed by atoms with E-state index in [-0.39, 0.29) is 29.1 Å². The average molecular weight is 454 g/mol. The molecule has 2 aromatic rings. The quantitative estimate of drug-likeness (QED) is 0.726. The number of amides is 2. The van der Waals surface area contributed by atoms with E-state index in [4.69, 9.17) is 27.9 Å². The zero-order valence-corrected chi connectivity index (χ0v) is 18.8. The summed E-state index contributed by atoms with van der Waals surface area (Å²) in [5, 5.41) is 7.75. The molecule has 10 heteroatoms. The van der Waals surface area contributed by atoms with Crippen molar-refractivity contribution in [2.75, 3.05) is 44.7 Å².